The van der Waals surface area contributed by atoms with Crippen LogP contribution in [0.1, 0.15) is 5.56 Å². The molecule has 6 heteroatoms. The van der Waals surface area contributed by atoms with E-state index in [1.807, 2.05) is 30.3 Å². The Morgan fingerprint density at radius 3 is 2.57 bits per heavy atom. The number of halogens is 1. The van der Waals surface area contributed by atoms with Crippen molar-refractivity contribution in [1.82, 2.24) is 14.8 Å². The Morgan fingerprint density at radius 1 is 1.19 bits per heavy atom. The normalized spacial score (nSPS) is 10.3. The van der Waals surface area contributed by atoms with E-state index in [1.165, 1.54) is 4.68 Å². The van der Waals surface area contributed by atoms with Crippen LogP contribution < -0.4 is 5.73 Å². The molecule has 0 radical (unpaired) electrons. The molecule has 0 aliphatic heterocycles. The maximum Gasteiger partial charge on any atom is 0.145 e. The van der Waals surface area contributed by atoms with Crippen molar-refractivity contribution in [2.24, 2.45) is 0 Å². The fraction of sp³-hybridized carbons (Fsp3) is 0. The molecule has 0 amide bonds. The zero-order chi connectivity index (χ0) is 14.8. The van der Waals surface area contributed by atoms with Crippen LogP contribution in [-0.4, -0.2) is 14.8 Å². The molecule has 0 saturated carbocycles. The van der Waals surface area contributed by atoms with Gasteiger partial charge in [-0.2, -0.15) is 10.4 Å². The second-order valence-electron chi connectivity index (χ2n) is 4.35. The van der Waals surface area contributed by atoms with E-state index in [2.05, 4.69) is 32.1 Å². The smallest absolute Gasteiger partial charge is 0.145 e. The molecule has 1 aromatic carbocycles. The number of nitrogens with zero attached hydrogens (tertiary/aromatic N) is 4. The number of hydrogen-bond acceptors (Lipinski definition) is 4. The fourth-order valence-corrected chi connectivity index (χ4v) is 2.29. The minimum Gasteiger partial charge on any atom is -0.382 e. The van der Waals surface area contributed by atoms with Crippen LogP contribution >= 0.6 is 15.9 Å². The Bertz CT molecular complexity index is 816. The summed E-state index contributed by atoms with van der Waals surface area (Å²) in [4.78, 5) is 4.05. The van der Waals surface area contributed by atoms with Crippen LogP contribution in [0.5, 0.6) is 0 Å². The van der Waals surface area contributed by atoms with Gasteiger partial charge in [-0.15, -0.1) is 0 Å². The highest BCUT2D eigenvalue weighted by Crippen LogP contribution is 2.29. The average molecular weight is 340 g/mol. The molecule has 0 fully saturated rings. The van der Waals surface area contributed by atoms with Crippen molar-refractivity contribution in [3.63, 3.8) is 0 Å². The Hall–Kier alpha value is -2.65. The maximum atomic E-state index is 9.37. The zero-order valence-electron chi connectivity index (χ0n) is 10.9. The number of nitrogen functional groups attached to an aromatic ring is 1. The van der Waals surface area contributed by atoms with E-state index >= 15 is 0 Å². The third kappa shape index (κ3) is 2.39. The van der Waals surface area contributed by atoms with Crippen molar-refractivity contribution in [2.45, 2.75) is 0 Å². The van der Waals surface area contributed by atoms with Crippen LogP contribution in [0.3, 0.4) is 0 Å². The monoisotopic (exact) mass is 339 g/mol. The molecule has 3 rings (SSSR count). The van der Waals surface area contributed by atoms with Gasteiger partial charge in [-0.3, -0.25) is 4.98 Å². The molecule has 0 unspecified atom stereocenters. The summed E-state index contributed by atoms with van der Waals surface area (Å²) in [7, 11) is 0. The highest BCUT2D eigenvalue weighted by atomic mass is 79.9. The lowest BCUT2D eigenvalue weighted by Crippen LogP contribution is -2.02. The molecule has 5 nitrogen and oxygen atoms in total. The Kier molecular flexibility index (Phi) is 3.42. The molecule has 2 N–H and O–H groups in total. The van der Waals surface area contributed by atoms with Gasteiger partial charge >= 0.3 is 0 Å². The van der Waals surface area contributed by atoms with Crippen LogP contribution in [-0.2, 0) is 0 Å². The highest BCUT2D eigenvalue weighted by molar-refractivity contribution is 9.10. The average Bonchev–Trinajstić information content (AvgIpc) is 2.85. The summed E-state index contributed by atoms with van der Waals surface area (Å²) < 4.78 is 2.49. The number of rotatable bonds is 2. The number of aromatic nitrogens is 3. The van der Waals surface area contributed by atoms with E-state index in [9.17, 15) is 5.26 Å². The van der Waals surface area contributed by atoms with Crippen LogP contribution in [0, 0.1) is 11.3 Å². The van der Waals surface area contributed by atoms with Gasteiger partial charge in [0.25, 0.3) is 0 Å². The van der Waals surface area contributed by atoms with Crippen molar-refractivity contribution < 1.29 is 0 Å². The Labute approximate surface area is 129 Å². The number of anilines is 1. The van der Waals surface area contributed by atoms with Gasteiger partial charge in [-0.25, -0.2) is 4.68 Å². The SMILES string of the molecule is N#Cc1c(-c2ccc(Br)cc2)nn(-c2cccnc2)c1N. The number of pyridine rings is 1. The summed E-state index contributed by atoms with van der Waals surface area (Å²) >= 11 is 3.39. The lowest BCUT2D eigenvalue weighted by Gasteiger charge is -2.01. The summed E-state index contributed by atoms with van der Waals surface area (Å²) in [6.07, 6.45) is 3.32. The third-order valence-corrected chi connectivity index (χ3v) is 3.57. The molecule has 2 aromatic heterocycles. The number of nitriles is 1. The minimum absolute atomic E-state index is 0.309. The maximum absolute atomic E-state index is 9.37. The van der Waals surface area contributed by atoms with Crippen molar-refractivity contribution >= 4 is 21.7 Å². The first-order chi connectivity index (χ1) is 10.2. The molecular formula is C15H10BrN5. The first kappa shape index (κ1) is 13.3. The molecular weight excluding hydrogens is 330 g/mol. The third-order valence-electron chi connectivity index (χ3n) is 3.04. The summed E-state index contributed by atoms with van der Waals surface area (Å²) in [5.74, 6) is 0.309. The molecule has 0 aliphatic carbocycles. The fourth-order valence-electron chi connectivity index (χ4n) is 2.03. The van der Waals surface area contributed by atoms with E-state index in [0.717, 1.165) is 15.7 Å². The topological polar surface area (TPSA) is 80.5 Å². The first-order valence-electron chi connectivity index (χ1n) is 6.15. The van der Waals surface area contributed by atoms with Gasteiger partial charge < -0.3 is 5.73 Å². The largest absolute Gasteiger partial charge is 0.382 e. The molecule has 0 saturated heterocycles. The molecule has 3 aromatic rings. The van der Waals surface area contributed by atoms with Gasteiger partial charge in [-0.1, -0.05) is 28.1 Å². The predicted octanol–water partition coefficient (Wildman–Crippen LogP) is 3.15. The zero-order valence-corrected chi connectivity index (χ0v) is 12.4. The van der Waals surface area contributed by atoms with Crippen LogP contribution in [0.4, 0.5) is 5.82 Å². The summed E-state index contributed by atoms with van der Waals surface area (Å²) in [6, 6.07) is 13.3. The van der Waals surface area contributed by atoms with Gasteiger partial charge in [0.05, 0.1) is 11.9 Å². The van der Waals surface area contributed by atoms with Crippen molar-refractivity contribution in [1.29, 1.82) is 5.26 Å². The standard InChI is InChI=1S/C15H10BrN5/c16-11-5-3-10(4-6-11)14-13(8-17)15(18)21(20-14)12-2-1-7-19-9-12/h1-7,9H,18H2. The van der Waals surface area contributed by atoms with Crippen molar-refractivity contribution in [3.05, 3.63) is 58.8 Å². The van der Waals surface area contributed by atoms with Gasteiger partial charge in [0.1, 0.15) is 23.1 Å². The van der Waals surface area contributed by atoms with Gasteiger partial charge in [0.2, 0.25) is 0 Å². The van der Waals surface area contributed by atoms with Crippen molar-refractivity contribution in [2.75, 3.05) is 5.73 Å². The minimum atomic E-state index is 0.309. The van der Waals surface area contributed by atoms with E-state index < -0.39 is 0 Å². The molecule has 0 atom stereocenters. The van der Waals surface area contributed by atoms with Gasteiger partial charge in [0.15, 0.2) is 0 Å². The van der Waals surface area contributed by atoms with Crippen molar-refractivity contribution in [3.8, 4) is 23.0 Å². The first-order valence-corrected chi connectivity index (χ1v) is 6.95. The second-order valence-corrected chi connectivity index (χ2v) is 5.27. The summed E-state index contributed by atoms with van der Waals surface area (Å²) in [5, 5.41) is 13.8. The Morgan fingerprint density at radius 2 is 1.95 bits per heavy atom. The summed E-state index contributed by atoms with van der Waals surface area (Å²) in [5.41, 5.74) is 8.53. The highest BCUT2D eigenvalue weighted by Gasteiger charge is 2.17. The van der Waals surface area contributed by atoms with E-state index in [1.54, 1.807) is 18.5 Å². The molecule has 0 bridgehead atoms. The van der Waals surface area contributed by atoms with E-state index in [4.69, 9.17) is 5.73 Å². The second kappa shape index (κ2) is 5.38. The van der Waals surface area contributed by atoms with Crippen LogP contribution in [0.15, 0.2) is 53.3 Å². The van der Waals surface area contributed by atoms with Crippen LogP contribution in [0.25, 0.3) is 16.9 Å². The number of nitrogens with two attached hydrogens (primary N) is 1. The molecule has 0 aliphatic rings. The predicted molar refractivity (Wildman–Crippen MR) is 83.6 cm³/mol. The molecule has 0 spiro atoms. The molecule has 21 heavy (non-hydrogen) atoms. The van der Waals surface area contributed by atoms with Crippen LogP contribution in [0.2, 0.25) is 0 Å². The quantitative estimate of drug-likeness (QED) is 0.777. The molecule has 102 valence electrons. The lowest BCUT2D eigenvalue weighted by molar-refractivity contribution is 0.888. The van der Waals surface area contributed by atoms with E-state index in [0.29, 0.717) is 17.1 Å². The van der Waals surface area contributed by atoms with E-state index in [-0.39, 0.29) is 0 Å². The lowest BCUT2D eigenvalue weighted by atomic mass is 10.1. The Balaban J connectivity index is 2.19. The number of benzene rings is 1. The number of hydrogen-bond donors (Lipinski definition) is 1. The van der Waals surface area contributed by atoms with Gasteiger partial charge in [-0.05, 0) is 24.3 Å². The summed E-state index contributed by atoms with van der Waals surface area (Å²) in [6.45, 7) is 0. The molecule has 2 heterocycles. The van der Waals surface area contributed by atoms with Gasteiger partial charge in [0, 0.05) is 16.2 Å².